The van der Waals surface area contributed by atoms with E-state index in [2.05, 4.69) is 30.4 Å². The lowest BCUT2D eigenvalue weighted by Crippen LogP contribution is -2.57. The fourth-order valence-electron chi connectivity index (χ4n) is 4.16. The predicted octanol–water partition coefficient (Wildman–Crippen LogP) is 3.51. The van der Waals surface area contributed by atoms with E-state index in [0.29, 0.717) is 10.8 Å². The first-order valence-corrected chi connectivity index (χ1v) is 7.57. The molecule has 0 radical (unpaired) electrons. The maximum atomic E-state index is 5.39. The molecule has 2 aliphatic rings. The van der Waals surface area contributed by atoms with E-state index in [1.54, 1.807) is 7.11 Å². The summed E-state index contributed by atoms with van der Waals surface area (Å²) >= 11 is 0. The Kier molecular flexibility index (Phi) is 3.30. The number of likely N-dealkylation sites (N-methyl/N-ethyl adjacent to an activating group) is 1. The first-order valence-electron chi connectivity index (χ1n) is 7.57. The molecule has 2 nitrogen and oxygen atoms in total. The summed E-state index contributed by atoms with van der Waals surface area (Å²) in [6, 6.07) is 8.70. The van der Waals surface area contributed by atoms with Crippen molar-refractivity contribution in [2.45, 2.75) is 44.4 Å². The fourth-order valence-corrected chi connectivity index (χ4v) is 4.16. The lowest BCUT2D eigenvalue weighted by atomic mass is 9.43. The summed E-state index contributed by atoms with van der Waals surface area (Å²) in [6.07, 6.45) is 7.06. The van der Waals surface area contributed by atoms with Crippen LogP contribution in [0, 0.1) is 5.41 Å². The quantitative estimate of drug-likeness (QED) is 0.873. The second kappa shape index (κ2) is 4.82. The molecule has 0 amide bonds. The monoisotopic (exact) mass is 259 g/mol. The summed E-state index contributed by atoms with van der Waals surface area (Å²) < 4.78 is 5.39. The number of methoxy groups -OCH3 is 1. The van der Waals surface area contributed by atoms with Crippen LogP contribution in [-0.2, 0) is 5.41 Å². The highest BCUT2D eigenvalue weighted by Gasteiger charge is 2.57. The standard InChI is InChI=1S/C17H25NO/c1-3-18-13-17(11-16(12-17)8-5-9-16)14-6-4-7-15(10-14)19-2/h4,6-7,10,18H,3,5,8-9,11-13H2,1-2H3. The van der Waals surface area contributed by atoms with Gasteiger partial charge in [0.2, 0.25) is 0 Å². The van der Waals surface area contributed by atoms with Crippen molar-refractivity contribution in [3.05, 3.63) is 29.8 Å². The Morgan fingerprint density at radius 2 is 2.05 bits per heavy atom. The van der Waals surface area contributed by atoms with Crippen molar-refractivity contribution in [1.29, 1.82) is 0 Å². The van der Waals surface area contributed by atoms with Crippen molar-refractivity contribution in [2.24, 2.45) is 5.41 Å². The van der Waals surface area contributed by atoms with Crippen LogP contribution < -0.4 is 10.1 Å². The summed E-state index contributed by atoms with van der Waals surface area (Å²) in [5, 5.41) is 3.57. The van der Waals surface area contributed by atoms with Gasteiger partial charge in [0, 0.05) is 12.0 Å². The smallest absolute Gasteiger partial charge is 0.119 e. The third-order valence-electron chi connectivity index (χ3n) is 5.24. The third-order valence-corrected chi connectivity index (χ3v) is 5.24. The van der Waals surface area contributed by atoms with E-state index in [9.17, 15) is 0 Å². The van der Waals surface area contributed by atoms with E-state index in [1.807, 2.05) is 6.07 Å². The molecule has 2 aliphatic carbocycles. The second-order valence-corrected chi connectivity index (χ2v) is 6.50. The molecule has 2 heteroatoms. The van der Waals surface area contributed by atoms with Crippen molar-refractivity contribution in [3.8, 4) is 5.75 Å². The van der Waals surface area contributed by atoms with E-state index in [4.69, 9.17) is 4.74 Å². The number of rotatable bonds is 5. The lowest BCUT2D eigenvalue weighted by molar-refractivity contribution is -0.0481. The maximum absolute atomic E-state index is 5.39. The highest BCUT2D eigenvalue weighted by molar-refractivity contribution is 5.38. The molecule has 2 saturated carbocycles. The molecule has 19 heavy (non-hydrogen) atoms. The van der Waals surface area contributed by atoms with Crippen molar-refractivity contribution < 1.29 is 4.74 Å². The van der Waals surface area contributed by atoms with Gasteiger partial charge in [-0.25, -0.2) is 0 Å². The minimum Gasteiger partial charge on any atom is -0.497 e. The average Bonchev–Trinajstić information content (AvgIpc) is 2.36. The zero-order valence-electron chi connectivity index (χ0n) is 12.2. The van der Waals surface area contributed by atoms with Crippen molar-refractivity contribution in [2.75, 3.05) is 20.2 Å². The summed E-state index contributed by atoms with van der Waals surface area (Å²) in [5.74, 6) is 0.989. The Hall–Kier alpha value is -1.02. The van der Waals surface area contributed by atoms with Gasteiger partial charge < -0.3 is 10.1 Å². The molecule has 0 aliphatic heterocycles. The van der Waals surface area contributed by atoms with E-state index in [0.717, 1.165) is 18.8 Å². The van der Waals surface area contributed by atoms with Gasteiger partial charge in [0.25, 0.3) is 0 Å². The molecule has 1 spiro atoms. The van der Waals surface area contributed by atoms with Gasteiger partial charge in [-0.3, -0.25) is 0 Å². The van der Waals surface area contributed by atoms with Crippen LogP contribution in [0.5, 0.6) is 5.75 Å². The molecule has 104 valence electrons. The van der Waals surface area contributed by atoms with Gasteiger partial charge in [-0.2, -0.15) is 0 Å². The molecule has 3 rings (SSSR count). The molecule has 0 saturated heterocycles. The molecule has 1 aromatic rings. The van der Waals surface area contributed by atoms with Crippen LogP contribution in [0.3, 0.4) is 0 Å². The van der Waals surface area contributed by atoms with Gasteiger partial charge in [0.1, 0.15) is 5.75 Å². The van der Waals surface area contributed by atoms with Crippen LogP contribution in [-0.4, -0.2) is 20.2 Å². The summed E-state index contributed by atoms with van der Waals surface area (Å²) in [6.45, 7) is 4.36. The average molecular weight is 259 g/mol. The van der Waals surface area contributed by atoms with Crippen LogP contribution >= 0.6 is 0 Å². The van der Waals surface area contributed by atoms with Gasteiger partial charge in [0.15, 0.2) is 0 Å². The van der Waals surface area contributed by atoms with Crippen LogP contribution in [0.1, 0.15) is 44.6 Å². The van der Waals surface area contributed by atoms with Crippen LogP contribution in [0.15, 0.2) is 24.3 Å². The molecule has 0 bridgehead atoms. The number of nitrogens with one attached hydrogen (secondary N) is 1. The molecular weight excluding hydrogens is 234 g/mol. The van der Waals surface area contributed by atoms with Gasteiger partial charge in [-0.15, -0.1) is 0 Å². The molecule has 0 aromatic heterocycles. The lowest BCUT2D eigenvalue weighted by Gasteiger charge is -2.61. The van der Waals surface area contributed by atoms with E-state index >= 15 is 0 Å². The van der Waals surface area contributed by atoms with Crippen LogP contribution in [0.2, 0.25) is 0 Å². The van der Waals surface area contributed by atoms with Gasteiger partial charge in [-0.1, -0.05) is 25.5 Å². The summed E-state index contributed by atoms with van der Waals surface area (Å²) in [4.78, 5) is 0. The Bertz CT molecular complexity index is 442. The van der Waals surface area contributed by atoms with Gasteiger partial charge >= 0.3 is 0 Å². The Balaban J connectivity index is 1.82. The van der Waals surface area contributed by atoms with Crippen LogP contribution in [0.4, 0.5) is 0 Å². The molecule has 1 N–H and O–H groups in total. The second-order valence-electron chi connectivity index (χ2n) is 6.50. The Labute approximate surface area is 116 Å². The first-order chi connectivity index (χ1) is 9.22. The molecule has 0 unspecified atom stereocenters. The minimum atomic E-state index is 0.352. The topological polar surface area (TPSA) is 21.3 Å². The fraction of sp³-hybridized carbons (Fsp3) is 0.647. The SMILES string of the molecule is CCNCC1(c2cccc(OC)c2)CC2(CCC2)C1. The van der Waals surface area contributed by atoms with Gasteiger partial charge in [0.05, 0.1) is 7.11 Å². The zero-order chi connectivity index (χ0) is 13.3. The third kappa shape index (κ3) is 2.16. The zero-order valence-corrected chi connectivity index (χ0v) is 12.2. The van der Waals surface area contributed by atoms with Crippen LogP contribution in [0.25, 0.3) is 0 Å². The molecular formula is C17H25NO. The summed E-state index contributed by atoms with van der Waals surface area (Å²) in [5.41, 5.74) is 2.51. The molecule has 2 fully saturated rings. The largest absolute Gasteiger partial charge is 0.497 e. The van der Waals surface area contributed by atoms with Crippen molar-refractivity contribution >= 4 is 0 Å². The van der Waals surface area contributed by atoms with Crippen molar-refractivity contribution in [1.82, 2.24) is 5.32 Å². The number of benzene rings is 1. The van der Waals surface area contributed by atoms with Crippen molar-refractivity contribution in [3.63, 3.8) is 0 Å². The van der Waals surface area contributed by atoms with E-state index in [1.165, 1.54) is 37.7 Å². The molecule has 0 atom stereocenters. The Morgan fingerprint density at radius 1 is 1.26 bits per heavy atom. The maximum Gasteiger partial charge on any atom is 0.119 e. The molecule has 0 heterocycles. The number of ether oxygens (including phenoxy) is 1. The Morgan fingerprint density at radius 3 is 2.63 bits per heavy atom. The number of hydrogen-bond acceptors (Lipinski definition) is 2. The molecule has 1 aromatic carbocycles. The first kappa shape index (κ1) is 13.0. The highest BCUT2D eigenvalue weighted by atomic mass is 16.5. The minimum absolute atomic E-state index is 0.352. The summed E-state index contributed by atoms with van der Waals surface area (Å²) in [7, 11) is 1.75. The van der Waals surface area contributed by atoms with E-state index < -0.39 is 0 Å². The normalized spacial score (nSPS) is 22.6. The van der Waals surface area contributed by atoms with E-state index in [-0.39, 0.29) is 0 Å². The predicted molar refractivity (Wildman–Crippen MR) is 78.7 cm³/mol. The highest BCUT2D eigenvalue weighted by Crippen LogP contribution is 2.64. The van der Waals surface area contributed by atoms with Gasteiger partial charge in [-0.05, 0) is 55.3 Å². The number of hydrogen-bond donors (Lipinski definition) is 1.